The Morgan fingerprint density at radius 2 is 1.37 bits per heavy atom. The van der Waals surface area contributed by atoms with E-state index in [9.17, 15) is 37.1 Å². The van der Waals surface area contributed by atoms with Crippen LogP contribution in [0, 0.1) is 0 Å². The van der Waals surface area contributed by atoms with Crippen LogP contribution in [-0.2, 0) is 30.0 Å². The molecule has 10 nitrogen and oxygen atoms in total. The highest BCUT2D eigenvalue weighted by atomic mass is 19.4. The van der Waals surface area contributed by atoms with Crippen molar-refractivity contribution in [1.82, 2.24) is 5.32 Å². The molecule has 2 amide bonds. The van der Waals surface area contributed by atoms with E-state index >= 15 is 0 Å². The SMILES string of the molecule is COC(=O)c1cc(NC(=O)COC(=O)CNC(=O)c2ccc(C(F)(F)F)cc2)cc(C(=O)OC)c1. The Morgan fingerprint density at radius 1 is 0.829 bits per heavy atom. The first-order valence-corrected chi connectivity index (χ1v) is 9.67. The molecule has 0 aliphatic heterocycles. The third-order valence-corrected chi connectivity index (χ3v) is 4.29. The zero-order valence-electron chi connectivity index (χ0n) is 18.4. The Morgan fingerprint density at radius 3 is 1.86 bits per heavy atom. The summed E-state index contributed by atoms with van der Waals surface area (Å²) >= 11 is 0. The molecule has 0 spiro atoms. The molecule has 0 aliphatic rings. The van der Waals surface area contributed by atoms with Crippen LogP contribution in [0.15, 0.2) is 42.5 Å². The van der Waals surface area contributed by atoms with Gasteiger partial charge in [-0.15, -0.1) is 0 Å². The van der Waals surface area contributed by atoms with Gasteiger partial charge >= 0.3 is 24.1 Å². The molecular formula is C22H19F3N2O8. The number of rotatable bonds is 8. The molecule has 0 fully saturated rings. The van der Waals surface area contributed by atoms with E-state index in [1.165, 1.54) is 18.2 Å². The molecule has 0 aromatic heterocycles. The summed E-state index contributed by atoms with van der Waals surface area (Å²) in [5, 5.41) is 4.49. The number of carbonyl (C=O) groups is 5. The summed E-state index contributed by atoms with van der Waals surface area (Å²) in [4.78, 5) is 59.4. The first kappa shape index (κ1) is 26.8. The molecule has 0 unspecified atom stereocenters. The minimum absolute atomic E-state index is 0.0185. The summed E-state index contributed by atoms with van der Waals surface area (Å²) in [6.07, 6.45) is -4.55. The van der Waals surface area contributed by atoms with E-state index in [1.54, 1.807) is 0 Å². The lowest BCUT2D eigenvalue weighted by molar-refractivity contribution is -0.146. The molecule has 2 rings (SSSR count). The van der Waals surface area contributed by atoms with Crippen molar-refractivity contribution < 1.29 is 51.4 Å². The van der Waals surface area contributed by atoms with E-state index < -0.39 is 54.6 Å². The zero-order chi connectivity index (χ0) is 26.2. The molecule has 0 atom stereocenters. The van der Waals surface area contributed by atoms with Crippen molar-refractivity contribution in [1.29, 1.82) is 0 Å². The number of hydrogen-bond donors (Lipinski definition) is 2. The zero-order valence-corrected chi connectivity index (χ0v) is 18.4. The van der Waals surface area contributed by atoms with E-state index in [0.29, 0.717) is 0 Å². The fourth-order valence-corrected chi connectivity index (χ4v) is 2.63. The molecule has 2 aromatic rings. The minimum Gasteiger partial charge on any atom is -0.465 e. The number of alkyl halides is 3. The molecule has 2 N–H and O–H groups in total. The highest BCUT2D eigenvalue weighted by Gasteiger charge is 2.30. The first-order valence-electron chi connectivity index (χ1n) is 9.67. The number of amides is 2. The van der Waals surface area contributed by atoms with Crippen molar-refractivity contribution in [2.45, 2.75) is 6.18 Å². The average molecular weight is 496 g/mol. The Kier molecular flexibility index (Phi) is 8.91. The van der Waals surface area contributed by atoms with Gasteiger partial charge in [0.15, 0.2) is 6.61 Å². The molecule has 0 radical (unpaired) electrons. The predicted molar refractivity (Wildman–Crippen MR) is 112 cm³/mol. The Labute approximate surface area is 196 Å². The fourth-order valence-electron chi connectivity index (χ4n) is 2.63. The van der Waals surface area contributed by atoms with Crippen LogP contribution in [0.5, 0.6) is 0 Å². The van der Waals surface area contributed by atoms with Crippen LogP contribution < -0.4 is 10.6 Å². The Balaban J connectivity index is 1.90. The molecule has 0 aliphatic carbocycles. The van der Waals surface area contributed by atoms with Crippen LogP contribution >= 0.6 is 0 Å². The topological polar surface area (TPSA) is 137 Å². The third-order valence-electron chi connectivity index (χ3n) is 4.29. The van der Waals surface area contributed by atoms with E-state index in [1.807, 2.05) is 0 Å². The van der Waals surface area contributed by atoms with Gasteiger partial charge in [0.1, 0.15) is 6.54 Å². The van der Waals surface area contributed by atoms with Gasteiger partial charge in [-0.2, -0.15) is 13.2 Å². The molecular weight excluding hydrogens is 477 g/mol. The van der Waals surface area contributed by atoms with E-state index in [-0.39, 0.29) is 22.4 Å². The maximum atomic E-state index is 12.6. The predicted octanol–water partition coefficient (Wildman–Crippen LogP) is 2.19. The number of ether oxygens (including phenoxy) is 3. The largest absolute Gasteiger partial charge is 0.465 e. The molecule has 2 aromatic carbocycles. The highest BCUT2D eigenvalue weighted by molar-refractivity contribution is 6.00. The number of anilines is 1. The van der Waals surface area contributed by atoms with Crippen molar-refractivity contribution >= 4 is 35.4 Å². The Hall–Kier alpha value is -4.42. The summed E-state index contributed by atoms with van der Waals surface area (Å²) in [6.45, 7) is -1.43. The molecule has 13 heteroatoms. The lowest BCUT2D eigenvalue weighted by Gasteiger charge is -2.10. The quantitative estimate of drug-likeness (QED) is 0.419. The molecule has 0 bridgehead atoms. The van der Waals surface area contributed by atoms with Gasteiger partial charge in [-0.05, 0) is 42.5 Å². The van der Waals surface area contributed by atoms with Gasteiger partial charge < -0.3 is 24.8 Å². The minimum atomic E-state index is -4.55. The number of benzene rings is 2. The monoisotopic (exact) mass is 496 g/mol. The second-order valence-electron chi connectivity index (χ2n) is 6.75. The van der Waals surface area contributed by atoms with Crippen molar-refractivity contribution in [3.05, 3.63) is 64.7 Å². The maximum absolute atomic E-state index is 12.6. The van der Waals surface area contributed by atoms with Crippen molar-refractivity contribution in [3.63, 3.8) is 0 Å². The van der Waals surface area contributed by atoms with E-state index in [4.69, 9.17) is 4.74 Å². The summed E-state index contributed by atoms with van der Waals surface area (Å²) in [5.41, 5.74) is -1.13. The average Bonchev–Trinajstić information content (AvgIpc) is 2.84. The van der Waals surface area contributed by atoms with Crippen LogP contribution in [0.2, 0.25) is 0 Å². The van der Waals surface area contributed by atoms with Gasteiger partial charge in [0.25, 0.3) is 11.8 Å². The number of methoxy groups -OCH3 is 2. The number of esters is 3. The summed E-state index contributed by atoms with van der Waals surface area (Å²) in [5.74, 6) is -4.21. The van der Waals surface area contributed by atoms with E-state index in [2.05, 4.69) is 20.1 Å². The summed E-state index contributed by atoms with van der Waals surface area (Å²) < 4.78 is 51.6. The highest BCUT2D eigenvalue weighted by Crippen LogP contribution is 2.29. The summed E-state index contributed by atoms with van der Waals surface area (Å²) in [7, 11) is 2.25. The molecule has 35 heavy (non-hydrogen) atoms. The second kappa shape index (κ2) is 11.6. The fraction of sp³-hybridized carbons (Fsp3) is 0.227. The lowest BCUT2D eigenvalue weighted by atomic mass is 10.1. The van der Waals surface area contributed by atoms with Gasteiger partial charge in [-0.3, -0.25) is 14.4 Å². The van der Waals surface area contributed by atoms with Gasteiger partial charge in [-0.25, -0.2) is 9.59 Å². The third kappa shape index (κ3) is 7.84. The van der Waals surface area contributed by atoms with Crippen LogP contribution in [0.1, 0.15) is 36.6 Å². The lowest BCUT2D eigenvalue weighted by Crippen LogP contribution is -2.32. The van der Waals surface area contributed by atoms with Crippen LogP contribution in [0.3, 0.4) is 0 Å². The molecule has 0 saturated carbocycles. The Bertz CT molecular complexity index is 1100. The number of hydrogen-bond acceptors (Lipinski definition) is 8. The molecule has 0 heterocycles. The van der Waals surface area contributed by atoms with Crippen LogP contribution in [-0.4, -0.2) is 57.1 Å². The van der Waals surface area contributed by atoms with Crippen molar-refractivity contribution in [2.24, 2.45) is 0 Å². The molecule has 0 saturated heterocycles. The smallest absolute Gasteiger partial charge is 0.416 e. The van der Waals surface area contributed by atoms with Gasteiger partial charge in [0.05, 0.1) is 30.9 Å². The number of carbonyl (C=O) groups excluding carboxylic acids is 5. The van der Waals surface area contributed by atoms with Crippen LogP contribution in [0.25, 0.3) is 0 Å². The molecule has 186 valence electrons. The normalized spacial score (nSPS) is 10.7. The number of nitrogens with one attached hydrogen (secondary N) is 2. The maximum Gasteiger partial charge on any atom is 0.416 e. The number of halogens is 3. The second-order valence-corrected chi connectivity index (χ2v) is 6.75. The van der Waals surface area contributed by atoms with Crippen LogP contribution in [0.4, 0.5) is 18.9 Å². The van der Waals surface area contributed by atoms with Crippen molar-refractivity contribution in [3.8, 4) is 0 Å². The van der Waals surface area contributed by atoms with E-state index in [0.717, 1.165) is 38.5 Å². The van der Waals surface area contributed by atoms with Crippen molar-refractivity contribution in [2.75, 3.05) is 32.7 Å². The van der Waals surface area contributed by atoms with Gasteiger partial charge in [0, 0.05) is 11.3 Å². The standard InChI is InChI=1S/C22H19F3N2O8/c1-33-20(31)13-7-14(21(32)34-2)9-16(8-13)27-17(28)11-35-18(29)10-26-19(30)12-3-5-15(6-4-12)22(23,24)25/h3-9H,10-11H2,1-2H3,(H,26,30)(H,27,28). The first-order chi connectivity index (χ1) is 16.4. The van der Waals surface area contributed by atoms with Gasteiger partial charge in [0.2, 0.25) is 0 Å². The van der Waals surface area contributed by atoms with Gasteiger partial charge in [-0.1, -0.05) is 0 Å². The summed E-state index contributed by atoms with van der Waals surface area (Å²) in [6, 6.07) is 6.98.